The molecule has 4 fully saturated rings. The molecule has 126 valence electrons. The van der Waals surface area contributed by atoms with Crippen LogP contribution in [0, 0.1) is 24.7 Å². The van der Waals surface area contributed by atoms with Crippen LogP contribution in [-0.4, -0.2) is 20.8 Å². The number of pyridine rings is 1. The van der Waals surface area contributed by atoms with Crippen molar-refractivity contribution in [2.75, 3.05) is 0 Å². The topological polar surface area (TPSA) is 46.4 Å². The third-order valence-electron chi connectivity index (χ3n) is 6.39. The fraction of sp³-hybridized carbons (Fsp3) is 0.579. The minimum absolute atomic E-state index is 0.0178. The van der Waals surface area contributed by atoms with E-state index in [1.807, 2.05) is 17.5 Å². The summed E-state index contributed by atoms with van der Waals surface area (Å²) in [4.78, 5) is 17.6. The number of imidazole rings is 1. The maximum absolute atomic E-state index is 13.1. The van der Waals surface area contributed by atoms with Crippen LogP contribution in [-0.2, 0) is 0 Å². The Hall–Kier alpha value is -1.55. The number of halogens is 1. The maximum atomic E-state index is 13.1. The summed E-state index contributed by atoms with van der Waals surface area (Å²) < 4.78 is 1.86. The zero-order valence-electron chi connectivity index (χ0n) is 13.9. The van der Waals surface area contributed by atoms with Crippen molar-refractivity contribution >= 4 is 23.2 Å². The summed E-state index contributed by atoms with van der Waals surface area (Å²) in [5.74, 6) is 2.47. The van der Waals surface area contributed by atoms with Gasteiger partial charge in [-0.1, -0.05) is 11.6 Å². The van der Waals surface area contributed by atoms with Gasteiger partial charge in [0.15, 0.2) is 0 Å². The number of aromatic nitrogens is 2. The summed E-state index contributed by atoms with van der Waals surface area (Å²) >= 11 is 6.05. The highest BCUT2D eigenvalue weighted by Gasteiger charge is 2.51. The van der Waals surface area contributed by atoms with Gasteiger partial charge in [0.25, 0.3) is 5.91 Å². The van der Waals surface area contributed by atoms with E-state index in [4.69, 9.17) is 11.6 Å². The van der Waals surface area contributed by atoms with Crippen LogP contribution in [0.5, 0.6) is 0 Å². The largest absolute Gasteiger partial charge is 0.345 e. The van der Waals surface area contributed by atoms with E-state index < -0.39 is 0 Å². The molecule has 2 aromatic heterocycles. The highest BCUT2D eigenvalue weighted by atomic mass is 35.5. The van der Waals surface area contributed by atoms with Gasteiger partial charge in [0.05, 0.1) is 5.69 Å². The molecule has 0 aromatic carbocycles. The Morgan fingerprint density at radius 1 is 1.25 bits per heavy atom. The summed E-state index contributed by atoms with van der Waals surface area (Å²) in [5, 5.41) is 4.08. The summed E-state index contributed by atoms with van der Waals surface area (Å²) in [6.07, 6.45) is 9.45. The van der Waals surface area contributed by atoms with E-state index in [1.165, 1.54) is 19.3 Å². The van der Waals surface area contributed by atoms with Crippen LogP contribution in [0.15, 0.2) is 18.3 Å². The minimum Gasteiger partial charge on any atom is -0.345 e. The van der Waals surface area contributed by atoms with Gasteiger partial charge in [-0.25, -0.2) is 4.98 Å². The number of nitrogens with zero attached hydrogens (tertiary/aromatic N) is 2. The molecule has 2 aromatic rings. The van der Waals surface area contributed by atoms with E-state index in [9.17, 15) is 4.79 Å². The Bertz CT molecular complexity index is 805. The van der Waals surface area contributed by atoms with Crippen molar-refractivity contribution in [2.24, 2.45) is 17.8 Å². The van der Waals surface area contributed by atoms with Crippen molar-refractivity contribution in [3.05, 3.63) is 34.7 Å². The van der Waals surface area contributed by atoms with Gasteiger partial charge in [-0.2, -0.15) is 0 Å². The van der Waals surface area contributed by atoms with Gasteiger partial charge in [-0.05, 0) is 69.3 Å². The molecule has 2 heterocycles. The molecule has 4 aliphatic carbocycles. The van der Waals surface area contributed by atoms with Gasteiger partial charge in [0, 0.05) is 22.8 Å². The molecule has 0 unspecified atom stereocenters. The van der Waals surface area contributed by atoms with Gasteiger partial charge < -0.3 is 5.32 Å². The zero-order chi connectivity index (χ0) is 16.5. The second kappa shape index (κ2) is 4.98. The summed E-state index contributed by atoms with van der Waals surface area (Å²) in [7, 11) is 0. The van der Waals surface area contributed by atoms with Crippen LogP contribution >= 0.6 is 11.6 Å². The van der Waals surface area contributed by atoms with Crippen molar-refractivity contribution in [3.63, 3.8) is 0 Å². The Morgan fingerprint density at radius 3 is 2.50 bits per heavy atom. The first-order valence-corrected chi connectivity index (χ1v) is 9.36. The molecule has 24 heavy (non-hydrogen) atoms. The molecule has 5 heteroatoms. The number of carbonyl (C=O) groups is 1. The second-order valence-corrected chi connectivity index (χ2v) is 8.71. The molecule has 4 aliphatic rings. The van der Waals surface area contributed by atoms with Crippen LogP contribution in [0.2, 0.25) is 5.02 Å². The predicted molar refractivity (Wildman–Crippen MR) is 93.3 cm³/mol. The van der Waals surface area contributed by atoms with Crippen molar-refractivity contribution in [2.45, 2.75) is 51.0 Å². The van der Waals surface area contributed by atoms with E-state index >= 15 is 0 Å². The SMILES string of the molecule is Cc1nc2cc(Cl)ccn2c1C(=O)NC12CC3CC(CC(C3)C1)C2. The van der Waals surface area contributed by atoms with Crippen LogP contribution in [0.1, 0.15) is 54.7 Å². The monoisotopic (exact) mass is 343 g/mol. The first kappa shape index (κ1) is 14.8. The normalized spacial score (nSPS) is 34.0. The van der Waals surface area contributed by atoms with Gasteiger partial charge in [-0.15, -0.1) is 0 Å². The molecular formula is C19H22ClN3O. The standard InChI is InChI=1S/C19H22ClN3O/c1-11-17(23-3-2-15(20)7-16(23)21-11)18(24)22-19-8-12-4-13(9-19)6-14(5-12)10-19/h2-3,7,12-14H,4-6,8-10H2,1H3,(H,22,24). The van der Waals surface area contributed by atoms with E-state index in [0.717, 1.165) is 48.4 Å². The Labute approximate surface area is 146 Å². The average Bonchev–Trinajstić information content (AvgIpc) is 2.80. The van der Waals surface area contributed by atoms with Gasteiger partial charge in [0.2, 0.25) is 0 Å². The first-order valence-electron chi connectivity index (χ1n) is 8.98. The van der Waals surface area contributed by atoms with Gasteiger partial charge in [-0.3, -0.25) is 9.20 Å². The molecule has 0 aliphatic heterocycles. The quantitative estimate of drug-likeness (QED) is 0.896. The molecule has 4 bridgehead atoms. The third-order valence-corrected chi connectivity index (χ3v) is 6.63. The van der Waals surface area contributed by atoms with Crippen LogP contribution in [0.3, 0.4) is 0 Å². The van der Waals surface area contributed by atoms with Crippen molar-refractivity contribution in [1.82, 2.24) is 14.7 Å². The Kier molecular flexibility index (Phi) is 3.06. The van der Waals surface area contributed by atoms with E-state index in [-0.39, 0.29) is 11.4 Å². The fourth-order valence-corrected chi connectivity index (χ4v) is 6.13. The summed E-state index contributed by atoms with van der Waals surface area (Å²) in [5.41, 5.74) is 2.17. The minimum atomic E-state index is 0.0178. The van der Waals surface area contributed by atoms with E-state index in [0.29, 0.717) is 10.7 Å². The smallest absolute Gasteiger partial charge is 0.270 e. The first-order chi connectivity index (χ1) is 11.5. The number of rotatable bonds is 2. The van der Waals surface area contributed by atoms with Crippen LogP contribution in [0.25, 0.3) is 5.65 Å². The summed E-state index contributed by atoms with van der Waals surface area (Å²) in [6.45, 7) is 1.90. The molecular weight excluding hydrogens is 322 g/mol. The number of hydrogen-bond acceptors (Lipinski definition) is 2. The number of hydrogen-bond donors (Lipinski definition) is 1. The predicted octanol–water partition coefficient (Wildman–Crippen LogP) is 3.99. The highest BCUT2D eigenvalue weighted by molar-refractivity contribution is 6.30. The average molecular weight is 344 g/mol. The van der Waals surface area contributed by atoms with Gasteiger partial charge >= 0.3 is 0 Å². The molecule has 1 N–H and O–H groups in total. The van der Waals surface area contributed by atoms with Crippen LogP contribution < -0.4 is 5.32 Å². The van der Waals surface area contributed by atoms with Crippen molar-refractivity contribution in [1.29, 1.82) is 0 Å². The van der Waals surface area contributed by atoms with Crippen molar-refractivity contribution in [3.8, 4) is 0 Å². The van der Waals surface area contributed by atoms with E-state index in [2.05, 4.69) is 10.3 Å². The molecule has 0 spiro atoms. The lowest BCUT2D eigenvalue weighted by atomic mass is 9.53. The lowest BCUT2D eigenvalue weighted by molar-refractivity contribution is -0.0168. The Balaban J connectivity index is 1.48. The van der Waals surface area contributed by atoms with Crippen molar-refractivity contribution < 1.29 is 4.79 Å². The number of aryl methyl sites for hydroxylation is 1. The molecule has 0 radical (unpaired) electrons. The molecule has 4 saturated carbocycles. The molecule has 4 nitrogen and oxygen atoms in total. The van der Waals surface area contributed by atoms with E-state index in [1.54, 1.807) is 12.1 Å². The number of carbonyl (C=O) groups excluding carboxylic acids is 1. The zero-order valence-corrected chi connectivity index (χ0v) is 14.6. The fourth-order valence-electron chi connectivity index (χ4n) is 5.97. The third kappa shape index (κ3) is 2.19. The number of amides is 1. The van der Waals surface area contributed by atoms with Gasteiger partial charge in [0.1, 0.15) is 11.3 Å². The molecule has 0 saturated heterocycles. The van der Waals surface area contributed by atoms with Crippen LogP contribution in [0.4, 0.5) is 0 Å². The molecule has 6 rings (SSSR count). The Morgan fingerprint density at radius 2 is 1.88 bits per heavy atom. The maximum Gasteiger partial charge on any atom is 0.270 e. The lowest BCUT2D eigenvalue weighted by Crippen LogP contribution is -2.60. The molecule has 1 amide bonds. The summed E-state index contributed by atoms with van der Waals surface area (Å²) in [6, 6.07) is 3.60. The molecule has 0 atom stereocenters. The lowest BCUT2D eigenvalue weighted by Gasteiger charge is -2.56. The highest BCUT2D eigenvalue weighted by Crippen LogP contribution is 2.55. The second-order valence-electron chi connectivity index (χ2n) is 8.27. The number of fused-ring (bicyclic) bond motifs is 1. The number of nitrogens with one attached hydrogen (secondary N) is 1.